The predicted molar refractivity (Wildman–Crippen MR) is 94.8 cm³/mol. The van der Waals surface area contributed by atoms with E-state index in [1.807, 2.05) is 6.07 Å². The Labute approximate surface area is 155 Å². The second kappa shape index (κ2) is 6.18. The SMILES string of the molecule is N#Cc1sccc1C1C(c2ccc(O)c(F)c2F)=Cc2ccc(O)c(F)c21. The third kappa shape index (κ3) is 2.49. The molecule has 1 aromatic heterocycles. The molecule has 3 nitrogen and oxygen atoms in total. The Hall–Kier alpha value is -3.24. The summed E-state index contributed by atoms with van der Waals surface area (Å²) >= 11 is 1.15. The maximum Gasteiger partial charge on any atom is 0.200 e. The zero-order chi connectivity index (χ0) is 19.3. The number of allylic oxidation sites excluding steroid dienone is 1. The summed E-state index contributed by atoms with van der Waals surface area (Å²) in [4.78, 5) is 0.307. The lowest BCUT2D eigenvalue weighted by molar-refractivity contribution is 0.406. The highest BCUT2D eigenvalue weighted by Crippen LogP contribution is 2.50. The van der Waals surface area contributed by atoms with Gasteiger partial charge < -0.3 is 10.2 Å². The Kier molecular flexibility index (Phi) is 3.93. The Morgan fingerprint density at radius 3 is 2.37 bits per heavy atom. The van der Waals surface area contributed by atoms with Crippen molar-refractivity contribution in [3.05, 3.63) is 80.3 Å². The molecule has 1 aliphatic rings. The number of nitrogens with zero attached hydrogens (tertiary/aromatic N) is 1. The highest BCUT2D eigenvalue weighted by Gasteiger charge is 2.35. The summed E-state index contributed by atoms with van der Waals surface area (Å²) in [6.45, 7) is 0. The van der Waals surface area contributed by atoms with Crippen molar-refractivity contribution >= 4 is 23.0 Å². The molecule has 0 amide bonds. The van der Waals surface area contributed by atoms with Gasteiger partial charge in [0.2, 0.25) is 5.82 Å². The summed E-state index contributed by atoms with van der Waals surface area (Å²) in [5, 5.41) is 30.2. The quantitative estimate of drug-likeness (QED) is 0.642. The van der Waals surface area contributed by atoms with Crippen molar-refractivity contribution in [2.24, 2.45) is 0 Å². The van der Waals surface area contributed by atoms with Crippen LogP contribution in [0.3, 0.4) is 0 Å². The monoisotopic (exact) mass is 385 g/mol. The van der Waals surface area contributed by atoms with Gasteiger partial charge in [0.25, 0.3) is 0 Å². The molecule has 3 aromatic rings. The van der Waals surface area contributed by atoms with Crippen LogP contribution in [0.5, 0.6) is 11.5 Å². The lowest BCUT2D eigenvalue weighted by Crippen LogP contribution is -2.06. The summed E-state index contributed by atoms with van der Waals surface area (Å²) < 4.78 is 43.2. The van der Waals surface area contributed by atoms with Crippen LogP contribution in [0.15, 0.2) is 35.7 Å². The van der Waals surface area contributed by atoms with Crippen molar-refractivity contribution in [3.63, 3.8) is 0 Å². The second-order valence-corrected chi connectivity index (χ2v) is 6.93. The molecule has 0 bridgehead atoms. The minimum absolute atomic E-state index is 0.0905. The van der Waals surface area contributed by atoms with E-state index in [0.717, 1.165) is 17.4 Å². The van der Waals surface area contributed by atoms with Gasteiger partial charge >= 0.3 is 0 Å². The molecule has 4 rings (SSSR count). The largest absolute Gasteiger partial charge is 0.505 e. The van der Waals surface area contributed by atoms with E-state index in [-0.39, 0.29) is 16.7 Å². The van der Waals surface area contributed by atoms with Gasteiger partial charge in [-0.05, 0) is 52.4 Å². The molecular formula is C20H10F3NO2S. The third-order valence-corrected chi connectivity index (χ3v) is 5.42. The summed E-state index contributed by atoms with van der Waals surface area (Å²) in [6.07, 6.45) is 1.50. The molecule has 27 heavy (non-hydrogen) atoms. The lowest BCUT2D eigenvalue weighted by atomic mass is 9.85. The fraction of sp³-hybridized carbons (Fsp3) is 0.0500. The third-order valence-electron chi connectivity index (χ3n) is 4.58. The first-order valence-corrected chi connectivity index (χ1v) is 8.69. The zero-order valence-corrected chi connectivity index (χ0v) is 14.3. The average molecular weight is 385 g/mol. The molecule has 0 fully saturated rings. The Bertz CT molecular complexity index is 1160. The summed E-state index contributed by atoms with van der Waals surface area (Å²) in [5.74, 6) is -5.85. The van der Waals surface area contributed by atoms with Crippen molar-refractivity contribution in [1.82, 2.24) is 0 Å². The number of hydrogen-bond donors (Lipinski definition) is 2. The number of phenolic OH excluding ortho intramolecular Hbond substituents is 2. The van der Waals surface area contributed by atoms with E-state index in [1.165, 1.54) is 24.3 Å². The van der Waals surface area contributed by atoms with Crippen LogP contribution in [0.4, 0.5) is 13.2 Å². The minimum Gasteiger partial charge on any atom is -0.505 e. The topological polar surface area (TPSA) is 64.2 Å². The molecule has 2 aromatic carbocycles. The molecule has 1 aliphatic carbocycles. The first-order valence-electron chi connectivity index (χ1n) is 7.81. The number of nitriles is 1. The predicted octanol–water partition coefficient (Wildman–Crippen LogP) is 5.13. The van der Waals surface area contributed by atoms with E-state index in [9.17, 15) is 28.6 Å². The van der Waals surface area contributed by atoms with Crippen molar-refractivity contribution in [2.75, 3.05) is 0 Å². The number of benzene rings is 2. The number of hydrogen-bond acceptors (Lipinski definition) is 4. The van der Waals surface area contributed by atoms with Crippen LogP contribution in [0.1, 0.15) is 33.0 Å². The van der Waals surface area contributed by atoms with Crippen LogP contribution in [0, 0.1) is 28.8 Å². The maximum atomic E-state index is 14.7. The van der Waals surface area contributed by atoms with Gasteiger partial charge in [0.05, 0.1) is 0 Å². The number of aromatic hydroxyl groups is 2. The number of halogens is 3. The second-order valence-electron chi connectivity index (χ2n) is 6.01. The molecule has 0 spiro atoms. The Balaban J connectivity index is 2.01. The highest BCUT2D eigenvalue weighted by atomic mass is 32.1. The van der Waals surface area contributed by atoms with Gasteiger partial charge in [0, 0.05) is 17.0 Å². The van der Waals surface area contributed by atoms with Crippen LogP contribution in [-0.2, 0) is 0 Å². The van der Waals surface area contributed by atoms with E-state index in [4.69, 9.17) is 0 Å². The molecule has 0 saturated carbocycles. The van der Waals surface area contributed by atoms with Gasteiger partial charge in [0.1, 0.15) is 10.9 Å². The Morgan fingerprint density at radius 2 is 1.63 bits per heavy atom. The average Bonchev–Trinajstić information content (AvgIpc) is 3.27. The number of fused-ring (bicyclic) bond motifs is 1. The van der Waals surface area contributed by atoms with Crippen LogP contribution in [0.25, 0.3) is 11.6 Å². The molecule has 0 saturated heterocycles. The van der Waals surface area contributed by atoms with E-state index in [1.54, 1.807) is 11.4 Å². The summed E-state index contributed by atoms with van der Waals surface area (Å²) in [5.41, 5.74) is 1.01. The molecule has 7 heteroatoms. The fourth-order valence-corrected chi connectivity index (χ4v) is 4.10. The van der Waals surface area contributed by atoms with Gasteiger partial charge in [-0.2, -0.15) is 9.65 Å². The van der Waals surface area contributed by atoms with Gasteiger partial charge in [-0.3, -0.25) is 0 Å². The molecule has 1 unspecified atom stereocenters. The molecule has 1 atom stereocenters. The number of phenols is 2. The van der Waals surface area contributed by atoms with Gasteiger partial charge in [-0.25, -0.2) is 8.78 Å². The first-order chi connectivity index (χ1) is 12.9. The van der Waals surface area contributed by atoms with Crippen LogP contribution in [0.2, 0.25) is 0 Å². The summed E-state index contributed by atoms with van der Waals surface area (Å²) in [6, 6.07) is 8.51. The van der Waals surface area contributed by atoms with Gasteiger partial charge in [-0.15, -0.1) is 11.3 Å². The Morgan fingerprint density at radius 1 is 0.926 bits per heavy atom. The fourth-order valence-electron chi connectivity index (χ4n) is 3.38. The van der Waals surface area contributed by atoms with Crippen molar-refractivity contribution < 1.29 is 23.4 Å². The van der Waals surface area contributed by atoms with Crippen LogP contribution in [-0.4, -0.2) is 10.2 Å². The van der Waals surface area contributed by atoms with Crippen LogP contribution < -0.4 is 0 Å². The van der Waals surface area contributed by atoms with E-state index in [0.29, 0.717) is 16.0 Å². The standard InChI is InChI=1S/C20H10F3NO2S/c21-18-10(2-4-14(26)20(18)23)12-7-9-1-3-13(25)19(22)16(9)17(12)11-5-6-27-15(11)8-24/h1-7,17,25-26H. The first kappa shape index (κ1) is 17.2. The summed E-state index contributed by atoms with van der Waals surface area (Å²) in [7, 11) is 0. The molecule has 134 valence electrons. The van der Waals surface area contributed by atoms with E-state index < -0.39 is 34.9 Å². The maximum absolute atomic E-state index is 14.7. The minimum atomic E-state index is -1.41. The van der Waals surface area contributed by atoms with Crippen molar-refractivity contribution in [3.8, 4) is 17.6 Å². The van der Waals surface area contributed by atoms with Crippen molar-refractivity contribution in [1.29, 1.82) is 5.26 Å². The van der Waals surface area contributed by atoms with E-state index in [2.05, 4.69) is 0 Å². The molecule has 2 N–H and O–H groups in total. The number of rotatable bonds is 2. The molecule has 1 heterocycles. The van der Waals surface area contributed by atoms with Crippen LogP contribution >= 0.6 is 11.3 Å². The smallest absolute Gasteiger partial charge is 0.200 e. The highest BCUT2D eigenvalue weighted by molar-refractivity contribution is 7.10. The lowest BCUT2D eigenvalue weighted by Gasteiger charge is -2.18. The molecule has 0 aliphatic heterocycles. The normalized spacial score (nSPS) is 15.3. The molecule has 0 radical (unpaired) electrons. The van der Waals surface area contributed by atoms with Gasteiger partial charge in [0.15, 0.2) is 23.1 Å². The molecular weight excluding hydrogens is 375 g/mol. The zero-order valence-electron chi connectivity index (χ0n) is 13.5. The van der Waals surface area contributed by atoms with E-state index >= 15 is 0 Å². The number of thiophene rings is 1. The van der Waals surface area contributed by atoms with Gasteiger partial charge in [-0.1, -0.05) is 6.07 Å². The van der Waals surface area contributed by atoms with Crippen molar-refractivity contribution in [2.45, 2.75) is 5.92 Å².